The molecule has 0 atom stereocenters. The Balaban J connectivity index is 3.29. The molecule has 14 heavy (non-hydrogen) atoms. The quantitative estimate of drug-likeness (QED) is 0.440. The van der Waals surface area contributed by atoms with Crippen LogP contribution in [0.4, 0.5) is 5.69 Å². The summed E-state index contributed by atoms with van der Waals surface area (Å²) in [6.07, 6.45) is 0. The van der Waals surface area contributed by atoms with Crippen LogP contribution >= 0.6 is 0 Å². The van der Waals surface area contributed by atoms with Crippen LogP contribution in [0.15, 0.2) is 18.2 Å². The zero-order chi connectivity index (χ0) is 10.6. The highest BCUT2D eigenvalue weighted by molar-refractivity contribution is 5.92. The average molecular weight is 191 g/mol. The summed E-state index contributed by atoms with van der Waals surface area (Å²) in [6, 6.07) is 4.52. The minimum atomic E-state index is -1.08. The first-order chi connectivity index (χ1) is 6.66. The van der Waals surface area contributed by atoms with Crippen molar-refractivity contribution in [2.24, 2.45) is 0 Å². The van der Waals surface area contributed by atoms with Gasteiger partial charge in [-0.15, -0.1) is 0 Å². The van der Waals surface area contributed by atoms with Gasteiger partial charge in [-0.05, 0) is 12.1 Å². The first kappa shape index (κ1) is 10.1. The van der Waals surface area contributed by atoms with E-state index in [-0.39, 0.29) is 17.7 Å². The van der Waals surface area contributed by atoms with E-state index in [1.54, 1.807) is 12.1 Å². The number of rotatable bonds is 1. The summed E-state index contributed by atoms with van der Waals surface area (Å²) in [5.41, 5.74) is 6.14. The lowest BCUT2D eigenvalue weighted by Crippen LogP contribution is -2.03. The second kappa shape index (κ2) is 4.30. The number of hydrogen-bond acceptors (Lipinski definition) is 3. The molecule has 1 aromatic carbocycles. The van der Waals surface area contributed by atoms with E-state index in [1.807, 2.05) is 0 Å². The summed E-state index contributed by atoms with van der Waals surface area (Å²) in [7, 11) is 0. The molecular formula is C10H9NO3. The Bertz CT molecular complexity index is 415. The predicted octanol–water partition coefficient (Wildman–Crippen LogP) is 0.311. The van der Waals surface area contributed by atoms with E-state index in [2.05, 4.69) is 11.8 Å². The maximum Gasteiger partial charge on any atom is 0.337 e. The summed E-state index contributed by atoms with van der Waals surface area (Å²) in [6.45, 7) is -0.326. The van der Waals surface area contributed by atoms with E-state index >= 15 is 0 Å². The zero-order valence-corrected chi connectivity index (χ0v) is 7.32. The summed E-state index contributed by atoms with van der Waals surface area (Å²) in [5, 5.41) is 17.3. The lowest BCUT2D eigenvalue weighted by atomic mass is 10.1. The number of benzene rings is 1. The number of aliphatic hydroxyl groups is 1. The Morgan fingerprint density at radius 3 is 2.79 bits per heavy atom. The Kier molecular flexibility index (Phi) is 3.10. The molecule has 4 N–H and O–H groups in total. The molecule has 72 valence electrons. The molecule has 0 spiro atoms. The van der Waals surface area contributed by atoms with Crippen molar-refractivity contribution in [3.05, 3.63) is 29.3 Å². The Morgan fingerprint density at radius 2 is 2.21 bits per heavy atom. The van der Waals surface area contributed by atoms with Crippen molar-refractivity contribution < 1.29 is 15.0 Å². The van der Waals surface area contributed by atoms with Gasteiger partial charge in [0.05, 0.1) is 11.1 Å². The number of nitrogen functional groups attached to an aromatic ring is 1. The number of hydrogen-bond donors (Lipinski definition) is 3. The van der Waals surface area contributed by atoms with E-state index in [1.165, 1.54) is 6.07 Å². The Hall–Kier alpha value is -1.99. The second-order valence-corrected chi connectivity index (χ2v) is 2.53. The third-order valence-corrected chi connectivity index (χ3v) is 1.62. The van der Waals surface area contributed by atoms with Crippen LogP contribution in [0.25, 0.3) is 0 Å². The second-order valence-electron chi connectivity index (χ2n) is 2.53. The van der Waals surface area contributed by atoms with Crippen molar-refractivity contribution in [3.8, 4) is 11.8 Å². The Labute approximate surface area is 81.0 Å². The van der Waals surface area contributed by atoms with Gasteiger partial charge >= 0.3 is 5.97 Å². The molecule has 1 aromatic rings. The van der Waals surface area contributed by atoms with Crippen LogP contribution in [-0.4, -0.2) is 22.8 Å². The summed E-state index contributed by atoms with van der Waals surface area (Å²) in [4.78, 5) is 10.8. The maximum absolute atomic E-state index is 10.8. The number of carboxylic acid groups (broad SMARTS) is 1. The van der Waals surface area contributed by atoms with Crippen LogP contribution < -0.4 is 5.73 Å². The van der Waals surface area contributed by atoms with Crippen molar-refractivity contribution in [2.45, 2.75) is 0 Å². The fourth-order valence-corrected chi connectivity index (χ4v) is 1.02. The van der Waals surface area contributed by atoms with Gasteiger partial charge in [0.25, 0.3) is 0 Å². The highest BCUT2D eigenvalue weighted by atomic mass is 16.4. The molecule has 0 aliphatic heterocycles. The molecule has 0 aromatic heterocycles. The van der Waals surface area contributed by atoms with Gasteiger partial charge in [-0.1, -0.05) is 17.9 Å². The van der Waals surface area contributed by atoms with Gasteiger partial charge in [0.2, 0.25) is 0 Å². The molecule has 0 aliphatic rings. The Morgan fingerprint density at radius 1 is 1.50 bits per heavy atom. The number of aliphatic hydroxyl groups excluding tert-OH is 1. The van der Waals surface area contributed by atoms with E-state index in [0.717, 1.165) is 0 Å². The largest absolute Gasteiger partial charge is 0.478 e. The third-order valence-electron chi connectivity index (χ3n) is 1.62. The zero-order valence-electron chi connectivity index (χ0n) is 7.32. The van der Waals surface area contributed by atoms with Gasteiger partial charge in [0, 0.05) is 5.69 Å². The molecule has 4 nitrogen and oxygen atoms in total. The predicted molar refractivity (Wildman–Crippen MR) is 51.8 cm³/mol. The first-order valence-corrected chi connectivity index (χ1v) is 3.88. The molecule has 1 rings (SSSR count). The van der Waals surface area contributed by atoms with Crippen molar-refractivity contribution in [1.82, 2.24) is 0 Å². The molecule has 4 heteroatoms. The molecule has 0 saturated carbocycles. The smallest absolute Gasteiger partial charge is 0.337 e. The van der Waals surface area contributed by atoms with Crippen LogP contribution in [0.2, 0.25) is 0 Å². The van der Waals surface area contributed by atoms with Gasteiger partial charge in [-0.2, -0.15) is 0 Å². The van der Waals surface area contributed by atoms with Crippen LogP contribution in [0.5, 0.6) is 0 Å². The van der Waals surface area contributed by atoms with Gasteiger partial charge in [0.1, 0.15) is 6.61 Å². The van der Waals surface area contributed by atoms with Crippen LogP contribution in [0.3, 0.4) is 0 Å². The minimum absolute atomic E-state index is 0.0472. The molecule has 0 unspecified atom stereocenters. The lowest BCUT2D eigenvalue weighted by Gasteiger charge is -2.01. The summed E-state index contributed by atoms with van der Waals surface area (Å²) in [5.74, 6) is 3.79. The molecule has 0 heterocycles. The third kappa shape index (κ3) is 2.03. The van der Waals surface area contributed by atoms with Crippen molar-refractivity contribution in [3.63, 3.8) is 0 Å². The maximum atomic E-state index is 10.8. The molecule has 0 fully saturated rings. The highest BCUT2D eigenvalue weighted by Gasteiger charge is 2.09. The van der Waals surface area contributed by atoms with E-state index in [4.69, 9.17) is 15.9 Å². The SMILES string of the molecule is Nc1cccc(C(=O)O)c1C#CCO. The summed E-state index contributed by atoms with van der Waals surface area (Å²) < 4.78 is 0. The van der Waals surface area contributed by atoms with Crippen LogP contribution in [0, 0.1) is 11.8 Å². The normalized spacial score (nSPS) is 8.93. The molecular weight excluding hydrogens is 182 g/mol. The van der Waals surface area contributed by atoms with Gasteiger partial charge in [-0.3, -0.25) is 0 Å². The molecule has 0 amide bonds. The van der Waals surface area contributed by atoms with Gasteiger partial charge < -0.3 is 15.9 Å². The number of anilines is 1. The van der Waals surface area contributed by atoms with Crippen molar-refractivity contribution in [2.75, 3.05) is 12.3 Å². The number of aromatic carboxylic acids is 1. The van der Waals surface area contributed by atoms with Crippen molar-refractivity contribution in [1.29, 1.82) is 0 Å². The van der Waals surface area contributed by atoms with Gasteiger partial charge in [-0.25, -0.2) is 4.79 Å². The molecule has 0 bridgehead atoms. The van der Waals surface area contributed by atoms with E-state index < -0.39 is 5.97 Å². The summed E-state index contributed by atoms with van der Waals surface area (Å²) >= 11 is 0. The van der Waals surface area contributed by atoms with E-state index in [9.17, 15) is 4.79 Å². The standard InChI is InChI=1S/C10H9NO3/c11-9-5-1-3-8(10(13)14)7(9)4-2-6-12/h1,3,5,12H,6,11H2,(H,13,14). The molecule has 0 aliphatic carbocycles. The number of carboxylic acids is 1. The number of carbonyl (C=O) groups is 1. The minimum Gasteiger partial charge on any atom is -0.478 e. The highest BCUT2D eigenvalue weighted by Crippen LogP contribution is 2.15. The fraction of sp³-hybridized carbons (Fsp3) is 0.100. The molecule has 0 radical (unpaired) electrons. The van der Waals surface area contributed by atoms with Crippen molar-refractivity contribution >= 4 is 11.7 Å². The number of nitrogens with two attached hydrogens (primary N) is 1. The molecule has 0 saturated heterocycles. The van der Waals surface area contributed by atoms with Crippen LogP contribution in [0.1, 0.15) is 15.9 Å². The fourth-order valence-electron chi connectivity index (χ4n) is 1.02. The lowest BCUT2D eigenvalue weighted by molar-refractivity contribution is 0.0696. The topological polar surface area (TPSA) is 83.6 Å². The van der Waals surface area contributed by atoms with E-state index in [0.29, 0.717) is 5.69 Å². The monoisotopic (exact) mass is 191 g/mol. The van der Waals surface area contributed by atoms with Gasteiger partial charge in [0.15, 0.2) is 0 Å². The first-order valence-electron chi connectivity index (χ1n) is 3.88. The van der Waals surface area contributed by atoms with Crippen LogP contribution in [-0.2, 0) is 0 Å². The average Bonchev–Trinajstić information content (AvgIpc) is 2.15.